The van der Waals surface area contributed by atoms with E-state index in [0.717, 1.165) is 79.8 Å². The highest BCUT2D eigenvalue weighted by Crippen LogP contribution is 2.45. The third kappa shape index (κ3) is 6.43. The second-order valence-electron chi connectivity index (χ2n) is 14.8. The molecule has 0 saturated carbocycles. The largest absolute Gasteiger partial charge is 0.479 e. The van der Waals surface area contributed by atoms with E-state index in [1.165, 1.54) is 0 Å². The lowest BCUT2D eigenvalue weighted by Crippen LogP contribution is -2.49. The topological polar surface area (TPSA) is 107 Å². The van der Waals surface area contributed by atoms with Crippen LogP contribution in [0.3, 0.4) is 0 Å². The summed E-state index contributed by atoms with van der Waals surface area (Å²) in [6, 6.07) is 15.8. The molecule has 2 aliphatic rings. The number of hydrogen-bond acceptors (Lipinski definition) is 7. The molecule has 50 heavy (non-hydrogen) atoms. The number of fused-ring (bicyclic) bond motifs is 2. The second-order valence-corrected chi connectivity index (χ2v) is 16.2. The fourth-order valence-electron chi connectivity index (χ4n) is 7.53. The first-order valence-corrected chi connectivity index (χ1v) is 18.4. The fraction of sp³-hybridized carbons (Fsp3) is 0.436. The Balaban J connectivity index is 1.28. The normalized spacial score (nSPS) is 19.5. The van der Waals surface area contributed by atoms with Crippen LogP contribution in [0.25, 0.3) is 42.8 Å². The Morgan fingerprint density at radius 1 is 1.10 bits per heavy atom. The molecule has 0 radical (unpaired) electrons. The number of nitrogens with zero attached hydrogens (tertiary/aromatic N) is 4. The van der Waals surface area contributed by atoms with Crippen molar-refractivity contribution in [2.24, 2.45) is 7.05 Å². The van der Waals surface area contributed by atoms with Gasteiger partial charge in [0.15, 0.2) is 6.10 Å². The number of aliphatic carboxylic acids is 1. The van der Waals surface area contributed by atoms with Crippen LogP contribution in [0.1, 0.15) is 82.2 Å². The van der Waals surface area contributed by atoms with Crippen molar-refractivity contribution in [1.82, 2.24) is 19.7 Å². The molecule has 1 N–H and O–H groups in total. The van der Waals surface area contributed by atoms with Gasteiger partial charge in [-0.1, -0.05) is 23.7 Å². The van der Waals surface area contributed by atoms with Crippen LogP contribution in [-0.4, -0.2) is 67.5 Å². The minimum absolute atomic E-state index is 0.105. The zero-order valence-electron chi connectivity index (χ0n) is 29.4. The minimum Gasteiger partial charge on any atom is -0.479 e. The number of benzene rings is 3. The van der Waals surface area contributed by atoms with Gasteiger partial charge in [-0.15, -0.1) is 11.3 Å². The van der Waals surface area contributed by atoms with Gasteiger partial charge in [0.2, 0.25) is 0 Å². The van der Waals surface area contributed by atoms with Crippen molar-refractivity contribution in [3.63, 3.8) is 0 Å². The number of halogens is 1. The highest BCUT2D eigenvalue weighted by Gasteiger charge is 2.42. The molecular weight excluding hydrogens is 672 g/mol. The minimum atomic E-state index is -1.18. The lowest BCUT2D eigenvalue weighted by atomic mass is 9.90. The quantitative estimate of drug-likeness (QED) is 0.180. The Morgan fingerprint density at radius 2 is 1.80 bits per heavy atom. The van der Waals surface area contributed by atoms with E-state index in [2.05, 4.69) is 18.2 Å². The van der Waals surface area contributed by atoms with E-state index in [1.54, 1.807) is 11.3 Å². The summed E-state index contributed by atoms with van der Waals surface area (Å²) < 4.78 is 14.9. The molecule has 2 aromatic heterocycles. The van der Waals surface area contributed by atoms with Crippen molar-refractivity contribution in [2.45, 2.75) is 83.5 Å². The molecule has 0 spiro atoms. The molecule has 2 atom stereocenters. The van der Waals surface area contributed by atoms with Crippen molar-refractivity contribution < 1.29 is 24.2 Å². The maximum Gasteiger partial charge on any atom is 0.337 e. The Labute approximate surface area is 301 Å². The van der Waals surface area contributed by atoms with E-state index >= 15 is 0 Å². The Bertz CT molecular complexity index is 2100. The number of carbonyl (C=O) groups is 2. The van der Waals surface area contributed by atoms with Gasteiger partial charge in [0.05, 0.1) is 27.0 Å². The van der Waals surface area contributed by atoms with E-state index in [4.69, 9.17) is 31.2 Å². The molecule has 11 heteroatoms. The number of ether oxygens (including phenoxy) is 2. The van der Waals surface area contributed by atoms with E-state index in [1.807, 2.05) is 81.6 Å². The molecule has 3 aromatic carbocycles. The van der Waals surface area contributed by atoms with Gasteiger partial charge in [-0.2, -0.15) is 5.10 Å². The van der Waals surface area contributed by atoms with Crippen molar-refractivity contribution in [3.8, 4) is 21.7 Å². The number of carbonyl (C=O) groups excluding carboxylic acids is 1. The predicted molar refractivity (Wildman–Crippen MR) is 198 cm³/mol. The third-order valence-electron chi connectivity index (χ3n) is 9.98. The number of hydrogen-bond donors (Lipinski definition) is 1. The fourth-order valence-corrected chi connectivity index (χ4v) is 8.77. The SMILES string of the molecule is Cc1cc2nc(-c3ccc4c(c3)c(C3CCN(C(=O)C5(C)CCCO5)CC3)nn4C)sc2c(-c2ccc(Cl)cc2)c1C(OC(C)(C)C)C(=O)O. The number of thiazole rings is 1. The van der Waals surface area contributed by atoms with Crippen LogP contribution in [0.2, 0.25) is 5.02 Å². The summed E-state index contributed by atoms with van der Waals surface area (Å²) in [5.74, 6) is -0.718. The van der Waals surface area contributed by atoms with E-state index in [0.29, 0.717) is 30.3 Å². The average molecular weight is 715 g/mol. The maximum absolute atomic E-state index is 13.3. The zero-order chi connectivity index (χ0) is 35.5. The summed E-state index contributed by atoms with van der Waals surface area (Å²) in [6.45, 7) is 11.4. The van der Waals surface area contributed by atoms with Gasteiger partial charge in [0.1, 0.15) is 10.6 Å². The van der Waals surface area contributed by atoms with Crippen LogP contribution in [0.15, 0.2) is 48.5 Å². The Morgan fingerprint density at radius 3 is 2.44 bits per heavy atom. The van der Waals surface area contributed by atoms with E-state index < -0.39 is 23.3 Å². The Kier molecular flexibility index (Phi) is 9.03. The highest BCUT2D eigenvalue weighted by molar-refractivity contribution is 7.22. The zero-order valence-corrected chi connectivity index (χ0v) is 31.0. The number of rotatable bonds is 7. The summed E-state index contributed by atoms with van der Waals surface area (Å²) >= 11 is 7.83. The predicted octanol–water partition coefficient (Wildman–Crippen LogP) is 8.69. The van der Waals surface area contributed by atoms with Crippen LogP contribution < -0.4 is 0 Å². The molecule has 262 valence electrons. The van der Waals surface area contributed by atoms with E-state index in [-0.39, 0.29) is 11.8 Å². The number of amides is 1. The molecule has 2 unspecified atom stereocenters. The maximum atomic E-state index is 13.3. The molecule has 2 aliphatic heterocycles. The molecule has 2 fully saturated rings. The van der Waals surface area contributed by atoms with Gasteiger partial charge < -0.3 is 19.5 Å². The van der Waals surface area contributed by atoms with Gasteiger partial charge >= 0.3 is 5.97 Å². The number of aryl methyl sites for hydroxylation is 2. The molecule has 2 saturated heterocycles. The van der Waals surface area contributed by atoms with E-state index in [9.17, 15) is 14.7 Å². The molecular formula is C39H43ClN4O5S. The molecule has 9 nitrogen and oxygen atoms in total. The van der Waals surface area contributed by atoms with Crippen LogP contribution >= 0.6 is 22.9 Å². The Hall–Kier alpha value is -3.83. The van der Waals surface area contributed by atoms with Gasteiger partial charge in [0.25, 0.3) is 5.91 Å². The van der Waals surface area contributed by atoms with Gasteiger partial charge in [-0.05, 0) is 108 Å². The first-order valence-electron chi connectivity index (χ1n) is 17.2. The third-order valence-corrected chi connectivity index (χ3v) is 11.4. The van der Waals surface area contributed by atoms with Crippen LogP contribution in [0.4, 0.5) is 0 Å². The van der Waals surface area contributed by atoms with Crippen LogP contribution in [0, 0.1) is 6.92 Å². The van der Waals surface area contributed by atoms with Crippen molar-refractivity contribution in [2.75, 3.05) is 19.7 Å². The first kappa shape index (κ1) is 34.6. The number of likely N-dealkylation sites (tertiary alicyclic amines) is 1. The molecule has 5 aromatic rings. The number of carboxylic acids is 1. The van der Waals surface area contributed by atoms with Crippen LogP contribution in [-0.2, 0) is 26.1 Å². The molecule has 4 heterocycles. The van der Waals surface area contributed by atoms with Crippen LogP contribution in [0.5, 0.6) is 0 Å². The number of piperidine rings is 1. The first-order chi connectivity index (χ1) is 23.7. The average Bonchev–Trinajstić information content (AvgIpc) is 3.80. The van der Waals surface area contributed by atoms with Gasteiger partial charge in [-0.25, -0.2) is 9.78 Å². The molecule has 1 amide bonds. The van der Waals surface area contributed by atoms with Gasteiger partial charge in [0, 0.05) is 59.8 Å². The number of carboxylic acid groups (broad SMARTS) is 1. The standard InChI is InChI=1S/C39H43ClN4O5S/c1-22-20-28-34(31(23-8-11-26(40)12-9-23)30(22)33(36(45)46)49-38(2,3)4)50-35(41-28)25-10-13-29-27(21-25)32(42-43(29)6)24-14-17-44(18-15-24)37(47)39(5)16-7-19-48-39/h8-13,20-21,24,33H,7,14-19H2,1-6H3,(H,45,46). The van der Waals surface area contributed by atoms with Gasteiger partial charge in [-0.3, -0.25) is 9.48 Å². The second kappa shape index (κ2) is 13.1. The lowest BCUT2D eigenvalue weighted by molar-refractivity contribution is -0.160. The molecule has 7 rings (SSSR count). The van der Waals surface area contributed by atoms with Crippen molar-refractivity contribution in [3.05, 3.63) is 70.4 Å². The monoisotopic (exact) mass is 714 g/mol. The molecule has 0 aliphatic carbocycles. The van der Waals surface area contributed by atoms with Crippen molar-refractivity contribution >= 4 is 55.9 Å². The molecule has 0 bridgehead atoms. The smallest absolute Gasteiger partial charge is 0.337 e. The lowest BCUT2D eigenvalue weighted by Gasteiger charge is -2.36. The summed E-state index contributed by atoms with van der Waals surface area (Å²) in [5, 5.41) is 17.9. The summed E-state index contributed by atoms with van der Waals surface area (Å²) in [5.41, 5.74) is 5.50. The highest BCUT2D eigenvalue weighted by atomic mass is 35.5. The number of aromatic nitrogens is 3. The van der Waals surface area contributed by atoms with Crippen molar-refractivity contribution in [1.29, 1.82) is 0 Å². The summed E-state index contributed by atoms with van der Waals surface area (Å²) in [6.07, 6.45) is 2.20. The summed E-state index contributed by atoms with van der Waals surface area (Å²) in [4.78, 5) is 33.1. The summed E-state index contributed by atoms with van der Waals surface area (Å²) in [7, 11) is 1.97.